The zero-order chi connectivity index (χ0) is 19.2. The monoisotopic (exact) mass is 432 g/mol. The first kappa shape index (κ1) is 18.8. The SMILES string of the molecule is COc1ccc(Br)cc1/C=C/C(=O)OCc1nc(-c2ccc(F)cc2)no1. The molecule has 8 heteroatoms. The number of halogens is 2. The number of benzene rings is 2. The molecule has 0 aliphatic rings. The van der Waals surface area contributed by atoms with Crippen molar-refractivity contribution >= 4 is 28.0 Å². The molecule has 6 nitrogen and oxygen atoms in total. The summed E-state index contributed by atoms with van der Waals surface area (Å²) in [6.45, 7) is -0.174. The number of ether oxygens (including phenoxy) is 2. The summed E-state index contributed by atoms with van der Waals surface area (Å²) in [5.74, 6) is 0.124. The lowest BCUT2D eigenvalue weighted by atomic mass is 10.2. The van der Waals surface area contributed by atoms with Crippen molar-refractivity contribution in [3.63, 3.8) is 0 Å². The summed E-state index contributed by atoms with van der Waals surface area (Å²) in [7, 11) is 1.55. The zero-order valence-corrected chi connectivity index (χ0v) is 15.8. The van der Waals surface area contributed by atoms with Crippen molar-refractivity contribution in [2.75, 3.05) is 7.11 Å². The molecule has 1 aromatic heterocycles. The van der Waals surface area contributed by atoms with E-state index >= 15 is 0 Å². The lowest BCUT2D eigenvalue weighted by Gasteiger charge is -2.04. The van der Waals surface area contributed by atoms with Gasteiger partial charge in [0.2, 0.25) is 5.82 Å². The van der Waals surface area contributed by atoms with Crippen LogP contribution in [0.4, 0.5) is 4.39 Å². The highest BCUT2D eigenvalue weighted by molar-refractivity contribution is 9.10. The summed E-state index contributed by atoms with van der Waals surface area (Å²) in [6, 6.07) is 11.1. The van der Waals surface area contributed by atoms with E-state index in [0.29, 0.717) is 11.3 Å². The molecule has 3 aromatic rings. The van der Waals surface area contributed by atoms with Crippen LogP contribution in [0.2, 0.25) is 0 Å². The van der Waals surface area contributed by atoms with E-state index < -0.39 is 5.97 Å². The Morgan fingerprint density at radius 1 is 1.26 bits per heavy atom. The maximum atomic E-state index is 12.9. The van der Waals surface area contributed by atoms with Crippen LogP contribution in [0.15, 0.2) is 57.5 Å². The molecule has 0 aliphatic carbocycles. The number of rotatable bonds is 6. The number of hydrogen-bond donors (Lipinski definition) is 0. The number of hydrogen-bond acceptors (Lipinski definition) is 6. The number of methoxy groups -OCH3 is 1. The van der Waals surface area contributed by atoms with Crippen LogP contribution in [0.25, 0.3) is 17.5 Å². The molecule has 0 saturated carbocycles. The largest absolute Gasteiger partial charge is 0.496 e. The molecule has 27 heavy (non-hydrogen) atoms. The Balaban J connectivity index is 1.60. The van der Waals surface area contributed by atoms with Crippen LogP contribution in [0.5, 0.6) is 5.75 Å². The molecule has 2 aromatic carbocycles. The average molecular weight is 433 g/mol. The van der Waals surface area contributed by atoms with Gasteiger partial charge in [-0.1, -0.05) is 21.1 Å². The molecule has 138 valence electrons. The highest BCUT2D eigenvalue weighted by Gasteiger charge is 2.10. The summed E-state index contributed by atoms with van der Waals surface area (Å²) < 4.78 is 29.2. The molecule has 0 bridgehead atoms. The fourth-order valence-electron chi connectivity index (χ4n) is 2.20. The van der Waals surface area contributed by atoms with Crippen molar-refractivity contribution in [1.82, 2.24) is 10.1 Å². The predicted octanol–water partition coefficient (Wildman–Crippen LogP) is 4.40. The summed E-state index contributed by atoms with van der Waals surface area (Å²) >= 11 is 3.37. The van der Waals surface area contributed by atoms with Crippen LogP contribution in [0, 0.1) is 5.82 Å². The summed E-state index contributed by atoms with van der Waals surface area (Å²) in [5, 5.41) is 3.78. The second-order valence-electron chi connectivity index (χ2n) is 5.35. The van der Waals surface area contributed by atoms with Gasteiger partial charge >= 0.3 is 5.97 Å². The van der Waals surface area contributed by atoms with Crippen molar-refractivity contribution in [3.05, 3.63) is 70.3 Å². The first-order valence-electron chi connectivity index (χ1n) is 7.82. The van der Waals surface area contributed by atoms with Gasteiger partial charge in [-0.25, -0.2) is 9.18 Å². The lowest BCUT2D eigenvalue weighted by Crippen LogP contribution is -2.01. The van der Waals surface area contributed by atoms with Gasteiger partial charge < -0.3 is 14.0 Å². The van der Waals surface area contributed by atoms with Gasteiger partial charge in [-0.3, -0.25) is 0 Å². The van der Waals surface area contributed by atoms with Gasteiger partial charge in [-0.05, 0) is 48.5 Å². The summed E-state index contributed by atoms with van der Waals surface area (Å²) in [4.78, 5) is 16.0. The summed E-state index contributed by atoms with van der Waals surface area (Å²) in [6.07, 6.45) is 2.87. The van der Waals surface area contributed by atoms with E-state index in [9.17, 15) is 9.18 Å². The quantitative estimate of drug-likeness (QED) is 0.424. The minimum absolute atomic E-state index is 0.135. The highest BCUT2D eigenvalue weighted by Crippen LogP contribution is 2.24. The second kappa shape index (κ2) is 8.59. The molecule has 0 saturated heterocycles. The number of aromatic nitrogens is 2. The van der Waals surface area contributed by atoms with Gasteiger partial charge in [0, 0.05) is 21.7 Å². The smallest absolute Gasteiger partial charge is 0.331 e. The van der Waals surface area contributed by atoms with Gasteiger partial charge in [0.25, 0.3) is 5.89 Å². The average Bonchev–Trinajstić information content (AvgIpc) is 3.14. The molecular weight excluding hydrogens is 419 g/mol. The van der Waals surface area contributed by atoms with Crippen molar-refractivity contribution in [1.29, 1.82) is 0 Å². The van der Waals surface area contributed by atoms with E-state index in [4.69, 9.17) is 14.0 Å². The van der Waals surface area contributed by atoms with Crippen LogP contribution in [0.3, 0.4) is 0 Å². The van der Waals surface area contributed by atoms with Crippen molar-refractivity contribution < 1.29 is 23.2 Å². The van der Waals surface area contributed by atoms with Crippen molar-refractivity contribution in [2.45, 2.75) is 6.61 Å². The Hall–Kier alpha value is -3.00. The fraction of sp³-hybridized carbons (Fsp3) is 0.105. The third-order valence-corrected chi connectivity index (χ3v) is 3.99. The van der Waals surface area contributed by atoms with E-state index in [0.717, 1.165) is 10.0 Å². The maximum absolute atomic E-state index is 12.9. The maximum Gasteiger partial charge on any atom is 0.331 e. The van der Waals surface area contributed by atoms with Crippen molar-refractivity contribution in [2.24, 2.45) is 0 Å². The highest BCUT2D eigenvalue weighted by atomic mass is 79.9. The lowest BCUT2D eigenvalue weighted by molar-refractivity contribution is -0.139. The summed E-state index contributed by atoms with van der Waals surface area (Å²) in [5.41, 5.74) is 1.32. The van der Waals surface area contributed by atoms with Crippen LogP contribution in [-0.4, -0.2) is 23.2 Å². The third kappa shape index (κ3) is 5.01. The molecule has 1 heterocycles. The Bertz CT molecular complexity index is 970. The minimum atomic E-state index is -0.571. The van der Waals surface area contributed by atoms with E-state index in [1.165, 1.54) is 30.3 Å². The predicted molar refractivity (Wildman–Crippen MR) is 99.2 cm³/mol. The van der Waals surface area contributed by atoms with E-state index in [1.807, 2.05) is 12.1 Å². The van der Waals surface area contributed by atoms with E-state index in [-0.39, 0.29) is 24.1 Å². The number of nitrogens with zero attached hydrogens (tertiary/aromatic N) is 2. The normalized spacial score (nSPS) is 10.9. The Kier molecular flexibility index (Phi) is 5.97. The Labute approximate surface area is 162 Å². The van der Waals surface area contributed by atoms with E-state index in [2.05, 4.69) is 26.1 Å². The van der Waals surface area contributed by atoms with Gasteiger partial charge in [-0.15, -0.1) is 0 Å². The number of carbonyl (C=O) groups excluding carboxylic acids is 1. The van der Waals surface area contributed by atoms with Crippen LogP contribution in [0.1, 0.15) is 11.5 Å². The van der Waals surface area contributed by atoms with Crippen LogP contribution < -0.4 is 4.74 Å². The molecule has 0 fully saturated rings. The van der Waals surface area contributed by atoms with Gasteiger partial charge in [0.05, 0.1) is 7.11 Å². The number of esters is 1. The first-order chi connectivity index (χ1) is 13.0. The Morgan fingerprint density at radius 3 is 2.78 bits per heavy atom. The first-order valence-corrected chi connectivity index (χ1v) is 8.61. The number of carbonyl (C=O) groups is 1. The molecule has 0 amide bonds. The fourth-order valence-corrected chi connectivity index (χ4v) is 2.58. The van der Waals surface area contributed by atoms with E-state index in [1.54, 1.807) is 19.3 Å². The molecule has 0 aliphatic heterocycles. The molecule has 0 N–H and O–H groups in total. The standard InChI is InChI=1S/C19H14BrFN2O4/c1-25-16-8-5-14(20)10-13(16)4-9-18(24)26-11-17-22-19(23-27-17)12-2-6-15(21)7-3-12/h2-10H,11H2,1H3/b9-4+. The molecule has 0 atom stereocenters. The minimum Gasteiger partial charge on any atom is -0.496 e. The van der Waals surface area contributed by atoms with Crippen LogP contribution in [-0.2, 0) is 16.1 Å². The van der Waals surface area contributed by atoms with Gasteiger partial charge in [0.1, 0.15) is 11.6 Å². The van der Waals surface area contributed by atoms with Gasteiger partial charge in [0.15, 0.2) is 6.61 Å². The topological polar surface area (TPSA) is 74.5 Å². The third-order valence-electron chi connectivity index (χ3n) is 3.50. The second-order valence-corrected chi connectivity index (χ2v) is 6.26. The molecule has 0 radical (unpaired) electrons. The van der Waals surface area contributed by atoms with Crippen molar-refractivity contribution in [3.8, 4) is 17.1 Å². The molecular formula is C19H14BrFN2O4. The molecule has 0 spiro atoms. The van der Waals surface area contributed by atoms with Crippen LogP contribution >= 0.6 is 15.9 Å². The molecule has 3 rings (SSSR count). The zero-order valence-electron chi connectivity index (χ0n) is 14.2. The van der Waals surface area contributed by atoms with Gasteiger partial charge in [-0.2, -0.15) is 4.98 Å². The molecule has 0 unspecified atom stereocenters. The Morgan fingerprint density at radius 2 is 2.04 bits per heavy atom.